The number of hydrogen-bond acceptors (Lipinski definition) is 9. The van der Waals surface area contributed by atoms with Crippen LogP contribution >= 0.6 is 0 Å². The van der Waals surface area contributed by atoms with E-state index in [4.69, 9.17) is 20.1 Å². The predicted molar refractivity (Wildman–Crippen MR) is 89.6 cm³/mol. The third-order valence-corrected chi connectivity index (χ3v) is 3.99. The number of aromatic nitrogens is 2. The quantitative estimate of drug-likeness (QED) is 0.414. The zero-order valence-electron chi connectivity index (χ0n) is 13.8. The van der Waals surface area contributed by atoms with Crippen molar-refractivity contribution in [3.8, 4) is 5.88 Å². The van der Waals surface area contributed by atoms with Gasteiger partial charge in [0.1, 0.15) is 12.4 Å². The molecule has 9 heteroatoms. The maximum absolute atomic E-state index is 5.83. The fourth-order valence-electron chi connectivity index (χ4n) is 2.69. The van der Waals surface area contributed by atoms with Gasteiger partial charge >= 0.3 is 0 Å². The molecular weight excluding hydrogens is 312 g/mol. The molecule has 3 rings (SSSR count). The second-order valence-corrected chi connectivity index (χ2v) is 5.60. The molecule has 0 amide bonds. The molecule has 3 heterocycles. The molecule has 132 valence electrons. The third kappa shape index (κ3) is 4.76. The maximum atomic E-state index is 5.83. The van der Waals surface area contributed by atoms with Gasteiger partial charge in [-0.3, -0.25) is 4.90 Å². The van der Waals surface area contributed by atoms with Gasteiger partial charge in [0.25, 0.3) is 0 Å². The van der Waals surface area contributed by atoms with E-state index in [2.05, 4.69) is 24.9 Å². The molecule has 0 unspecified atom stereocenters. The molecule has 1 aromatic rings. The molecule has 2 N–H and O–H groups in total. The van der Waals surface area contributed by atoms with Crippen LogP contribution in [0, 0.1) is 0 Å². The maximum Gasteiger partial charge on any atom is 0.219 e. The van der Waals surface area contributed by atoms with Gasteiger partial charge in [-0.15, -0.1) is 0 Å². The smallest absolute Gasteiger partial charge is 0.219 e. The molecule has 2 saturated heterocycles. The Labute approximate surface area is 141 Å². The summed E-state index contributed by atoms with van der Waals surface area (Å²) in [7, 11) is 0. The largest absolute Gasteiger partial charge is 0.476 e. The van der Waals surface area contributed by atoms with E-state index in [1.54, 1.807) is 0 Å². The Kier molecular flexibility index (Phi) is 6.16. The number of ether oxygens (including phenoxy) is 3. The van der Waals surface area contributed by atoms with E-state index in [9.17, 15) is 0 Å². The number of nitrogens with two attached hydrogens (primary N) is 1. The minimum Gasteiger partial charge on any atom is -0.476 e. The first-order valence-electron chi connectivity index (χ1n) is 8.23. The standard InChI is InChI=1S/C15H24N6O3/c16-17-12-13-18-14(21-4-8-23-9-5-21)11-15(19-13)24-10-3-20-1-6-22-7-2-20/h11-12H,1-10,16H2/b17-12+. The second kappa shape index (κ2) is 8.76. The summed E-state index contributed by atoms with van der Waals surface area (Å²) in [4.78, 5) is 13.3. The van der Waals surface area contributed by atoms with Crippen molar-refractivity contribution >= 4 is 12.0 Å². The number of rotatable bonds is 6. The Morgan fingerprint density at radius 2 is 1.83 bits per heavy atom. The zero-order valence-corrected chi connectivity index (χ0v) is 13.8. The summed E-state index contributed by atoms with van der Waals surface area (Å²) in [5.74, 6) is 7.03. The molecule has 0 radical (unpaired) electrons. The van der Waals surface area contributed by atoms with E-state index in [0.29, 0.717) is 31.5 Å². The van der Waals surface area contributed by atoms with Gasteiger partial charge in [0, 0.05) is 38.8 Å². The Hall–Kier alpha value is -1.97. The lowest BCUT2D eigenvalue weighted by Crippen LogP contribution is -2.38. The van der Waals surface area contributed by atoms with Crippen LogP contribution in [0.5, 0.6) is 5.88 Å². The summed E-state index contributed by atoms with van der Waals surface area (Å²) in [6.45, 7) is 7.84. The molecule has 0 aliphatic carbocycles. The van der Waals surface area contributed by atoms with Crippen molar-refractivity contribution in [1.82, 2.24) is 14.9 Å². The van der Waals surface area contributed by atoms with Crippen molar-refractivity contribution in [3.05, 3.63) is 11.9 Å². The highest BCUT2D eigenvalue weighted by atomic mass is 16.5. The average molecular weight is 336 g/mol. The lowest BCUT2D eigenvalue weighted by atomic mass is 10.4. The third-order valence-electron chi connectivity index (χ3n) is 3.99. The molecule has 0 aromatic carbocycles. The summed E-state index contributed by atoms with van der Waals surface area (Å²) in [5.41, 5.74) is 0. The average Bonchev–Trinajstić information content (AvgIpc) is 2.63. The fourth-order valence-corrected chi connectivity index (χ4v) is 2.69. The minimum atomic E-state index is 0.447. The van der Waals surface area contributed by atoms with Crippen molar-refractivity contribution in [1.29, 1.82) is 0 Å². The van der Waals surface area contributed by atoms with E-state index in [1.807, 2.05) is 6.07 Å². The first-order valence-corrected chi connectivity index (χ1v) is 8.23. The number of hydrazone groups is 1. The number of hydrogen-bond donors (Lipinski definition) is 1. The topological polar surface area (TPSA) is 98.3 Å². The molecule has 2 aliphatic heterocycles. The summed E-state index contributed by atoms with van der Waals surface area (Å²) in [6, 6.07) is 1.86. The van der Waals surface area contributed by atoms with E-state index < -0.39 is 0 Å². The molecule has 0 bridgehead atoms. The van der Waals surface area contributed by atoms with Crippen LogP contribution < -0.4 is 15.5 Å². The van der Waals surface area contributed by atoms with Crippen LogP contribution in [-0.2, 0) is 9.47 Å². The van der Waals surface area contributed by atoms with Gasteiger partial charge in [-0.25, -0.2) is 4.98 Å². The van der Waals surface area contributed by atoms with Crippen molar-refractivity contribution in [2.24, 2.45) is 10.9 Å². The van der Waals surface area contributed by atoms with E-state index in [0.717, 1.165) is 51.8 Å². The first kappa shape index (κ1) is 16.9. The van der Waals surface area contributed by atoms with Gasteiger partial charge in [0.05, 0.1) is 32.6 Å². The van der Waals surface area contributed by atoms with Crippen molar-refractivity contribution in [3.63, 3.8) is 0 Å². The predicted octanol–water partition coefficient (Wildman–Crippen LogP) is -0.683. The van der Waals surface area contributed by atoms with Gasteiger partial charge < -0.3 is 25.0 Å². The van der Waals surface area contributed by atoms with Gasteiger partial charge in [-0.05, 0) is 0 Å². The van der Waals surface area contributed by atoms with Crippen LogP contribution in [-0.4, -0.2) is 86.8 Å². The SMILES string of the molecule is N/N=C/c1nc(OCCN2CCOCC2)cc(N2CCOCC2)n1. The fraction of sp³-hybridized carbons (Fsp3) is 0.667. The number of nitrogens with zero attached hydrogens (tertiary/aromatic N) is 5. The van der Waals surface area contributed by atoms with Crippen LogP contribution in [0.25, 0.3) is 0 Å². The summed E-state index contributed by atoms with van der Waals surface area (Å²) in [6.07, 6.45) is 1.43. The molecule has 0 saturated carbocycles. The molecule has 2 fully saturated rings. The van der Waals surface area contributed by atoms with Gasteiger partial charge in [-0.1, -0.05) is 0 Å². The molecule has 9 nitrogen and oxygen atoms in total. The van der Waals surface area contributed by atoms with Crippen molar-refractivity contribution in [2.75, 3.05) is 70.7 Å². The Bertz CT molecular complexity index is 544. The summed E-state index contributed by atoms with van der Waals surface area (Å²) in [5, 5.41) is 3.52. The highest BCUT2D eigenvalue weighted by Crippen LogP contribution is 2.18. The van der Waals surface area contributed by atoms with Crippen LogP contribution in [0.2, 0.25) is 0 Å². The van der Waals surface area contributed by atoms with Crippen LogP contribution in [0.4, 0.5) is 5.82 Å². The first-order chi connectivity index (χ1) is 11.8. The van der Waals surface area contributed by atoms with Crippen LogP contribution in [0.1, 0.15) is 5.82 Å². The molecular formula is C15H24N6O3. The Morgan fingerprint density at radius 1 is 1.12 bits per heavy atom. The molecule has 1 aromatic heterocycles. The normalized spacial score (nSPS) is 19.8. The van der Waals surface area contributed by atoms with Crippen molar-refractivity contribution < 1.29 is 14.2 Å². The Morgan fingerprint density at radius 3 is 2.54 bits per heavy atom. The van der Waals surface area contributed by atoms with Gasteiger partial charge in [0.2, 0.25) is 5.88 Å². The van der Waals surface area contributed by atoms with Crippen LogP contribution in [0.15, 0.2) is 11.2 Å². The highest BCUT2D eigenvalue weighted by Gasteiger charge is 2.16. The number of morpholine rings is 2. The Balaban J connectivity index is 1.63. The second-order valence-electron chi connectivity index (χ2n) is 5.60. The minimum absolute atomic E-state index is 0.447. The molecule has 0 atom stereocenters. The summed E-state index contributed by atoms with van der Waals surface area (Å²) < 4.78 is 16.6. The molecule has 24 heavy (non-hydrogen) atoms. The zero-order chi connectivity index (χ0) is 16.6. The molecule has 2 aliphatic rings. The lowest BCUT2D eigenvalue weighted by molar-refractivity contribution is 0.0320. The highest BCUT2D eigenvalue weighted by molar-refractivity contribution is 5.75. The van der Waals surface area contributed by atoms with Gasteiger partial charge in [0.15, 0.2) is 5.82 Å². The number of anilines is 1. The van der Waals surface area contributed by atoms with E-state index >= 15 is 0 Å². The van der Waals surface area contributed by atoms with Crippen LogP contribution in [0.3, 0.4) is 0 Å². The molecule has 0 spiro atoms. The van der Waals surface area contributed by atoms with Crippen molar-refractivity contribution in [2.45, 2.75) is 0 Å². The van der Waals surface area contributed by atoms with Gasteiger partial charge in [-0.2, -0.15) is 10.1 Å². The van der Waals surface area contributed by atoms with E-state index in [1.165, 1.54) is 6.21 Å². The van der Waals surface area contributed by atoms with E-state index in [-0.39, 0.29) is 0 Å². The lowest BCUT2D eigenvalue weighted by Gasteiger charge is -2.28. The summed E-state index contributed by atoms with van der Waals surface area (Å²) >= 11 is 0. The monoisotopic (exact) mass is 336 g/mol.